The first-order valence-corrected chi connectivity index (χ1v) is 9.82. The molecule has 2 N–H and O–H groups in total. The quantitative estimate of drug-likeness (QED) is 0.724. The van der Waals surface area contributed by atoms with E-state index < -0.39 is 0 Å². The van der Waals surface area contributed by atoms with Gasteiger partial charge in [0.05, 0.1) is 11.1 Å². The Morgan fingerprint density at radius 1 is 1.04 bits per heavy atom. The van der Waals surface area contributed by atoms with Gasteiger partial charge in [-0.05, 0) is 63.6 Å². The highest BCUT2D eigenvalue weighted by molar-refractivity contribution is 6.06. The lowest BCUT2D eigenvalue weighted by Gasteiger charge is -2.13. The van der Waals surface area contributed by atoms with Crippen molar-refractivity contribution in [3.63, 3.8) is 0 Å². The molecule has 0 fully saturated rings. The number of aryl methyl sites for hydroxylation is 2. The minimum absolute atomic E-state index is 0.204. The van der Waals surface area contributed by atoms with Crippen LogP contribution in [-0.4, -0.2) is 23.3 Å². The summed E-state index contributed by atoms with van der Waals surface area (Å²) in [5.41, 5.74) is 5.07. The van der Waals surface area contributed by atoms with E-state index in [4.69, 9.17) is 0 Å². The van der Waals surface area contributed by atoms with Crippen molar-refractivity contribution in [2.75, 3.05) is 11.9 Å². The van der Waals surface area contributed by atoms with E-state index in [2.05, 4.69) is 21.7 Å². The highest BCUT2D eigenvalue weighted by Crippen LogP contribution is 2.20. The van der Waals surface area contributed by atoms with Gasteiger partial charge in [-0.15, -0.1) is 0 Å². The van der Waals surface area contributed by atoms with Gasteiger partial charge in [-0.2, -0.15) is 0 Å². The second-order valence-electron chi connectivity index (χ2n) is 7.35. The largest absolute Gasteiger partial charge is 0.352 e. The van der Waals surface area contributed by atoms with Crippen LogP contribution >= 0.6 is 0 Å². The van der Waals surface area contributed by atoms with Gasteiger partial charge in [-0.25, -0.2) is 0 Å². The standard InChI is InChI=1S/C23H27N3O2/c1-16-8-9-21(17(2)12-16)26-23(28)20-13-19(14-24-15-20)22(27)25-11-10-18-6-4-3-5-7-18/h6,8-9,12-15H,3-5,7,10-11H2,1-2H3,(H,25,27)(H,26,28). The van der Waals surface area contributed by atoms with Crippen molar-refractivity contribution in [3.05, 3.63) is 70.6 Å². The molecule has 0 aliphatic heterocycles. The molecule has 2 amide bonds. The van der Waals surface area contributed by atoms with Crippen LogP contribution < -0.4 is 10.6 Å². The fourth-order valence-electron chi connectivity index (χ4n) is 3.41. The third-order valence-electron chi connectivity index (χ3n) is 5.01. The second-order valence-corrected chi connectivity index (χ2v) is 7.35. The fourth-order valence-corrected chi connectivity index (χ4v) is 3.41. The monoisotopic (exact) mass is 377 g/mol. The van der Waals surface area contributed by atoms with Gasteiger partial charge in [0.25, 0.3) is 11.8 Å². The van der Waals surface area contributed by atoms with Gasteiger partial charge in [0, 0.05) is 24.6 Å². The number of allylic oxidation sites excluding steroid dienone is 1. The molecule has 2 aromatic rings. The molecule has 1 aromatic heterocycles. The number of carbonyl (C=O) groups is 2. The van der Waals surface area contributed by atoms with Gasteiger partial charge in [-0.3, -0.25) is 14.6 Å². The molecule has 1 aliphatic carbocycles. The van der Waals surface area contributed by atoms with E-state index in [1.54, 1.807) is 6.07 Å². The smallest absolute Gasteiger partial charge is 0.257 e. The molecule has 1 aliphatic rings. The zero-order valence-corrected chi connectivity index (χ0v) is 16.5. The first-order valence-electron chi connectivity index (χ1n) is 9.82. The Morgan fingerprint density at radius 2 is 1.82 bits per heavy atom. The molecule has 0 atom stereocenters. The molecule has 0 saturated carbocycles. The molecule has 146 valence electrons. The van der Waals surface area contributed by atoms with Gasteiger partial charge in [0.2, 0.25) is 0 Å². The SMILES string of the molecule is Cc1ccc(NC(=O)c2cncc(C(=O)NCCC3=CCCCC3)c2)c(C)c1. The van der Waals surface area contributed by atoms with Crippen LogP contribution in [0.5, 0.6) is 0 Å². The second kappa shape index (κ2) is 9.31. The molecule has 1 heterocycles. The van der Waals surface area contributed by atoms with Crippen molar-refractivity contribution < 1.29 is 9.59 Å². The number of nitrogens with one attached hydrogen (secondary N) is 2. The average molecular weight is 377 g/mol. The Kier molecular flexibility index (Phi) is 6.58. The molecule has 5 nitrogen and oxygen atoms in total. The number of carbonyl (C=O) groups excluding carboxylic acids is 2. The van der Waals surface area contributed by atoms with E-state index >= 15 is 0 Å². The molecule has 0 radical (unpaired) electrons. The van der Waals surface area contributed by atoms with Crippen molar-refractivity contribution >= 4 is 17.5 Å². The third kappa shape index (κ3) is 5.28. The van der Waals surface area contributed by atoms with Crippen molar-refractivity contribution in [1.29, 1.82) is 0 Å². The summed E-state index contributed by atoms with van der Waals surface area (Å²) >= 11 is 0. The normalized spacial score (nSPS) is 13.6. The number of amides is 2. The number of nitrogens with zero attached hydrogens (tertiary/aromatic N) is 1. The molecule has 1 aromatic carbocycles. The number of hydrogen-bond acceptors (Lipinski definition) is 3. The van der Waals surface area contributed by atoms with Crippen molar-refractivity contribution in [3.8, 4) is 0 Å². The average Bonchev–Trinajstić information content (AvgIpc) is 2.71. The maximum atomic E-state index is 12.6. The summed E-state index contributed by atoms with van der Waals surface area (Å²) in [6, 6.07) is 7.43. The van der Waals surface area contributed by atoms with E-state index in [9.17, 15) is 9.59 Å². The Bertz CT molecular complexity index is 902. The van der Waals surface area contributed by atoms with Gasteiger partial charge in [-0.1, -0.05) is 29.3 Å². The fraction of sp³-hybridized carbons (Fsp3) is 0.348. The summed E-state index contributed by atoms with van der Waals surface area (Å²) in [5, 5.41) is 5.81. The van der Waals surface area contributed by atoms with Crippen LogP contribution in [-0.2, 0) is 0 Å². The van der Waals surface area contributed by atoms with Crippen molar-refractivity contribution in [1.82, 2.24) is 10.3 Å². The number of benzene rings is 1. The van der Waals surface area contributed by atoms with E-state index in [0.29, 0.717) is 17.7 Å². The highest BCUT2D eigenvalue weighted by atomic mass is 16.2. The summed E-state index contributed by atoms with van der Waals surface area (Å²) < 4.78 is 0. The molecule has 28 heavy (non-hydrogen) atoms. The number of hydrogen-bond donors (Lipinski definition) is 2. The number of rotatable bonds is 6. The number of aromatic nitrogens is 1. The van der Waals surface area contributed by atoms with Crippen LogP contribution in [0.1, 0.15) is 63.9 Å². The van der Waals surface area contributed by atoms with Crippen LogP contribution in [0.3, 0.4) is 0 Å². The summed E-state index contributed by atoms with van der Waals surface area (Å²) in [7, 11) is 0. The molecule has 0 spiro atoms. The molecule has 3 rings (SSSR count). The summed E-state index contributed by atoms with van der Waals surface area (Å²) in [5.74, 6) is -0.480. The van der Waals surface area contributed by atoms with E-state index in [0.717, 1.165) is 36.1 Å². The molecule has 0 saturated heterocycles. The van der Waals surface area contributed by atoms with Gasteiger partial charge in [0.1, 0.15) is 0 Å². The number of pyridine rings is 1. The van der Waals surface area contributed by atoms with Crippen LogP contribution in [0.15, 0.2) is 48.3 Å². The minimum Gasteiger partial charge on any atom is -0.352 e. The van der Waals surface area contributed by atoms with Crippen LogP contribution in [0.25, 0.3) is 0 Å². The van der Waals surface area contributed by atoms with E-state index in [1.807, 2.05) is 32.0 Å². The van der Waals surface area contributed by atoms with Gasteiger partial charge < -0.3 is 10.6 Å². The molecular formula is C23H27N3O2. The predicted octanol–water partition coefficient (Wildman–Crippen LogP) is 4.57. The van der Waals surface area contributed by atoms with E-state index in [1.165, 1.54) is 30.8 Å². The Hall–Kier alpha value is -2.95. The highest BCUT2D eigenvalue weighted by Gasteiger charge is 2.13. The first-order chi connectivity index (χ1) is 13.5. The molecule has 0 unspecified atom stereocenters. The Balaban J connectivity index is 1.60. The Morgan fingerprint density at radius 3 is 2.54 bits per heavy atom. The first kappa shape index (κ1) is 19.8. The minimum atomic E-state index is -0.276. The zero-order chi connectivity index (χ0) is 19.9. The van der Waals surface area contributed by atoms with Crippen molar-refractivity contribution in [2.45, 2.75) is 46.0 Å². The summed E-state index contributed by atoms with van der Waals surface area (Å²) in [4.78, 5) is 29.0. The predicted molar refractivity (Wildman–Crippen MR) is 112 cm³/mol. The van der Waals surface area contributed by atoms with Crippen LogP contribution in [0.2, 0.25) is 0 Å². The lowest BCUT2D eigenvalue weighted by molar-refractivity contribution is 0.0953. The van der Waals surface area contributed by atoms with Gasteiger partial charge in [0.15, 0.2) is 0 Å². The third-order valence-corrected chi connectivity index (χ3v) is 5.01. The maximum Gasteiger partial charge on any atom is 0.257 e. The van der Waals surface area contributed by atoms with Crippen molar-refractivity contribution in [2.24, 2.45) is 0 Å². The maximum absolute atomic E-state index is 12.6. The molecule has 0 bridgehead atoms. The summed E-state index contributed by atoms with van der Waals surface area (Å²) in [6.07, 6.45) is 10.9. The van der Waals surface area contributed by atoms with E-state index in [-0.39, 0.29) is 11.8 Å². The van der Waals surface area contributed by atoms with Crippen LogP contribution in [0, 0.1) is 13.8 Å². The zero-order valence-electron chi connectivity index (χ0n) is 16.5. The molecule has 5 heteroatoms. The van der Waals surface area contributed by atoms with Crippen LogP contribution in [0.4, 0.5) is 5.69 Å². The lowest BCUT2D eigenvalue weighted by Crippen LogP contribution is -2.25. The molecular weight excluding hydrogens is 350 g/mol. The lowest BCUT2D eigenvalue weighted by atomic mass is 9.97. The number of anilines is 1. The Labute approximate surface area is 166 Å². The van der Waals surface area contributed by atoms with Gasteiger partial charge >= 0.3 is 0 Å². The summed E-state index contributed by atoms with van der Waals surface area (Å²) in [6.45, 7) is 4.56. The topological polar surface area (TPSA) is 71.1 Å².